The molecule has 0 radical (unpaired) electrons. The molecule has 0 aliphatic carbocycles. The average Bonchev–Trinajstić information content (AvgIpc) is 2.64. The molecule has 156 valence electrons. The lowest BCUT2D eigenvalue weighted by Crippen LogP contribution is -2.44. The predicted molar refractivity (Wildman–Crippen MR) is 111 cm³/mol. The second-order valence-electron chi connectivity index (χ2n) is 7.86. The van der Waals surface area contributed by atoms with E-state index in [0.717, 1.165) is 9.15 Å². The summed E-state index contributed by atoms with van der Waals surface area (Å²) in [6.45, 7) is 7.09. The van der Waals surface area contributed by atoms with Gasteiger partial charge in [0.1, 0.15) is 12.1 Å². The Balaban J connectivity index is 1.97. The topological polar surface area (TPSA) is 90.7 Å². The number of hydrogen-bond acceptors (Lipinski definition) is 6. The Morgan fingerprint density at radius 1 is 1.21 bits per heavy atom. The van der Waals surface area contributed by atoms with Gasteiger partial charge >= 0.3 is 5.97 Å². The Morgan fingerprint density at radius 2 is 1.90 bits per heavy atom. The highest BCUT2D eigenvalue weighted by Gasteiger charge is 2.22. The van der Waals surface area contributed by atoms with Crippen molar-refractivity contribution in [3.05, 3.63) is 38.7 Å². The number of esters is 1. The number of fused-ring (bicyclic) bond motifs is 1. The second kappa shape index (κ2) is 8.62. The molecular weight excluding hydrogens is 442 g/mol. The Labute approximate surface area is 176 Å². The van der Waals surface area contributed by atoms with E-state index in [9.17, 15) is 14.4 Å². The van der Waals surface area contributed by atoms with Crippen molar-refractivity contribution in [2.45, 2.75) is 39.3 Å². The molecule has 1 amide bonds. The zero-order chi connectivity index (χ0) is 21.2. The first-order valence-corrected chi connectivity index (χ1v) is 10.2. The molecule has 9 heteroatoms. The molecule has 0 spiro atoms. The highest BCUT2D eigenvalue weighted by Crippen LogP contribution is 2.20. The van der Waals surface area contributed by atoms with Crippen molar-refractivity contribution in [3.63, 3.8) is 0 Å². The van der Waals surface area contributed by atoms with Gasteiger partial charge in [0.05, 0.1) is 30.7 Å². The average molecular weight is 466 g/mol. The van der Waals surface area contributed by atoms with Gasteiger partial charge in [0.2, 0.25) is 5.91 Å². The number of nitrogens with zero attached hydrogens (tertiary/aromatic N) is 3. The van der Waals surface area contributed by atoms with Gasteiger partial charge in [-0.15, -0.1) is 0 Å². The molecule has 0 N–H and O–H groups in total. The Kier molecular flexibility index (Phi) is 6.38. The van der Waals surface area contributed by atoms with Crippen LogP contribution < -0.4 is 5.56 Å². The molecule has 1 fully saturated rings. The quantitative estimate of drug-likeness (QED) is 0.640. The Morgan fingerprint density at radius 3 is 2.55 bits per heavy atom. The van der Waals surface area contributed by atoms with E-state index in [-0.39, 0.29) is 24.4 Å². The molecule has 29 heavy (non-hydrogen) atoms. The van der Waals surface area contributed by atoms with Crippen molar-refractivity contribution in [1.82, 2.24) is 14.7 Å². The lowest BCUT2D eigenvalue weighted by molar-refractivity contribution is -0.154. The van der Waals surface area contributed by atoms with Crippen molar-refractivity contribution < 1.29 is 19.1 Å². The number of amides is 1. The molecule has 1 aliphatic rings. The van der Waals surface area contributed by atoms with Crippen LogP contribution in [-0.4, -0.2) is 58.5 Å². The van der Waals surface area contributed by atoms with Crippen LogP contribution in [-0.2, 0) is 32.0 Å². The van der Waals surface area contributed by atoms with Crippen molar-refractivity contribution in [2.24, 2.45) is 0 Å². The number of morpholine rings is 1. The summed E-state index contributed by atoms with van der Waals surface area (Å²) >= 11 is 3.37. The van der Waals surface area contributed by atoms with Crippen LogP contribution in [0.1, 0.15) is 26.5 Å². The van der Waals surface area contributed by atoms with Gasteiger partial charge in [0.15, 0.2) is 0 Å². The van der Waals surface area contributed by atoms with Gasteiger partial charge in [0, 0.05) is 22.9 Å². The van der Waals surface area contributed by atoms with Crippen LogP contribution in [0.5, 0.6) is 0 Å². The van der Waals surface area contributed by atoms with Gasteiger partial charge in [-0.2, -0.15) is 5.10 Å². The van der Waals surface area contributed by atoms with Gasteiger partial charge in [-0.05, 0) is 32.9 Å². The maximum atomic E-state index is 12.9. The van der Waals surface area contributed by atoms with Crippen molar-refractivity contribution in [1.29, 1.82) is 0 Å². The van der Waals surface area contributed by atoms with Gasteiger partial charge in [-0.1, -0.05) is 22.0 Å². The van der Waals surface area contributed by atoms with Crippen molar-refractivity contribution in [3.8, 4) is 0 Å². The van der Waals surface area contributed by atoms with Crippen LogP contribution in [0.2, 0.25) is 0 Å². The Bertz CT molecular complexity index is 990. The van der Waals surface area contributed by atoms with E-state index in [1.54, 1.807) is 43.9 Å². The fourth-order valence-electron chi connectivity index (χ4n) is 3.12. The zero-order valence-corrected chi connectivity index (χ0v) is 18.3. The first-order chi connectivity index (χ1) is 13.6. The third-order valence-corrected chi connectivity index (χ3v) is 4.87. The van der Waals surface area contributed by atoms with Gasteiger partial charge in [-0.3, -0.25) is 14.4 Å². The van der Waals surface area contributed by atoms with E-state index in [2.05, 4.69) is 21.0 Å². The maximum absolute atomic E-state index is 12.9. The van der Waals surface area contributed by atoms with Gasteiger partial charge in [0.25, 0.3) is 5.56 Å². The van der Waals surface area contributed by atoms with Crippen molar-refractivity contribution >= 4 is 38.6 Å². The summed E-state index contributed by atoms with van der Waals surface area (Å²) < 4.78 is 12.5. The van der Waals surface area contributed by atoms with E-state index in [0.29, 0.717) is 42.8 Å². The summed E-state index contributed by atoms with van der Waals surface area (Å²) in [5, 5.41) is 5.30. The molecule has 0 saturated carbocycles. The Hall–Kier alpha value is -2.26. The number of benzene rings is 1. The first kappa shape index (κ1) is 21.4. The molecule has 2 aromatic rings. The van der Waals surface area contributed by atoms with Gasteiger partial charge < -0.3 is 14.4 Å². The van der Waals surface area contributed by atoms with E-state index < -0.39 is 11.6 Å². The third kappa shape index (κ3) is 5.42. The van der Waals surface area contributed by atoms with Crippen LogP contribution in [0.3, 0.4) is 0 Å². The van der Waals surface area contributed by atoms with Crippen LogP contribution in [0.15, 0.2) is 27.5 Å². The minimum Gasteiger partial charge on any atom is -0.460 e. The lowest BCUT2D eigenvalue weighted by Gasteiger charge is -2.27. The van der Waals surface area contributed by atoms with Crippen LogP contribution in [0, 0.1) is 0 Å². The highest BCUT2D eigenvalue weighted by molar-refractivity contribution is 9.10. The molecule has 0 unspecified atom stereocenters. The monoisotopic (exact) mass is 465 g/mol. The molecule has 1 aromatic heterocycles. The molecule has 3 rings (SSSR count). The largest absolute Gasteiger partial charge is 0.460 e. The zero-order valence-electron chi connectivity index (χ0n) is 16.7. The smallest absolute Gasteiger partial charge is 0.312 e. The fraction of sp³-hybridized carbons (Fsp3) is 0.500. The number of carbonyl (C=O) groups excluding carboxylic acids is 2. The van der Waals surface area contributed by atoms with Crippen LogP contribution in [0.25, 0.3) is 10.8 Å². The summed E-state index contributed by atoms with van der Waals surface area (Å²) in [6, 6.07) is 5.20. The maximum Gasteiger partial charge on any atom is 0.312 e. The van der Waals surface area contributed by atoms with E-state index in [1.807, 2.05) is 0 Å². The summed E-state index contributed by atoms with van der Waals surface area (Å²) in [6.07, 6.45) is -0.0958. The summed E-state index contributed by atoms with van der Waals surface area (Å²) in [5.41, 5.74) is -0.608. The first-order valence-electron chi connectivity index (χ1n) is 9.41. The molecule has 0 atom stereocenters. The second-order valence-corrected chi connectivity index (χ2v) is 8.77. The number of halogens is 1. The number of hydrogen-bond donors (Lipinski definition) is 0. The van der Waals surface area contributed by atoms with Crippen molar-refractivity contribution in [2.75, 3.05) is 26.3 Å². The fourth-order valence-corrected chi connectivity index (χ4v) is 3.48. The normalized spacial score (nSPS) is 14.8. The summed E-state index contributed by atoms with van der Waals surface area (Å²) in [5.74, 6) is -0.653. The molecule has 0 bridgehead atoms. The number of carbonyl (C=O) groups is 2. The van der Waals surface area contributed by atoms with E-state index in [4.69, 9.17) is 9.47 Å². The molecule has 1 aromatic carbocycles. The molecule has 1 saturated heterocycles. The molecule has 2 heterocycles. The minimum atomic E-state index is -0.628. The summed E-state index contributed by atoms with van der Waals surface area (Å²) in [4.78, 5) is 39.6. The molecule has 8 nitrogen and oxygen atoms in total. The van der Waals surface area contributed by atoms with Gasteiger partial charge in [-0.25, -0.2) is 4.68 Å². The standard InChI is InChI=1S/C20H24BrN3O5/c1-20(2,3)29-18(26)11-16-14-5-4-13(21)10-15(14)19(27)24(22-16)12-17(25)23-6-8-28-9-7-23/h4-5,10H,6-9,11-12H2,1-3H3. The van der Waals surface area contributed by atoms with Crippen LogP contribution in [0.4, 0.5) is 0 Å². The van der Waals surface area contributed by atoms with Crippen LogP contribution >= 0.6 is 15.9 Å². The van der Waals surface area contributed by atoms with E-state index >= 15 is 0 Å². The van der Waals surface area contributed by atoms with E-state index in [1.165, 1.54) is 0 Å². The highest BCUT2D eigenvalue weighted by atomic mass is 79.9. The summed E-state index contributed by atoms with van der Waals surface area (Å²) in [7, 11) is 0. The SMILES string of the molecule is CC(C)(C)OC(=O)Cc1nn(CC(=O)N2CCOCC2)c(=O)c2cc(Br)ccc12. The molecule has 1 aliphatic heterocycles. The number of ether oxygens (including phenoxy) is 2. The number of aromatic nitrogens is 2. The third-order valence-electron chi connectivity index (χ3n) is 4.38. The molecular formula is C20H24BrN3O5. The lowest BCUT2D eigenvalue weighted by atomic mass is 10.1. The predicted octanol–water partition coefficient (Wildman–Crippen LogP) is 1.90. The minimum absolute atomic E-state index is 0.0958. The number of rotatable bonds is 4.